The second-order valence-electron chi connectivity index (χ2n) is 11.4. The molecule has 5 nitrogen and oxygen atoms in total. The predicted molar refractivity (Wildman–Crippen MR) is 152 cm³/mol. The monoisotopic (exact) mass is 516 g/mol. The van der Waals surface area contributed by atoms with Crippen LogP contribution in [-0.2, 0) is 4.57 Å². The van der Waals surface area contributed by atoms with E-state index in [0.29, 0.717) is 10.9 Å². The fraction of sp³-hybridized carbons (Fsp3) is 0.862. The van der Waals surface area contributed by atoms with E-state index in [1.807, 2.05) is 21.1 Å². The zero-order valence-corrected chi connectivity index (χ0v) is 24.5. The summed E-state index contributed by atoms with van der Waals surface area (Å²) in [6.07, 6.45) is 31.3. The molecule has 1 unspecified atom stereocenters. The van der Waals surface area contributed by atoms with Gasteiger partial charge < -0.3 is 19.4 Å². The smallest absolute Gasteiger partial charge is 0.362 e. The lowest BCUT2D eigenvalue weighted by atomic mass is 10.1. The predicted octanol–water partition coefficient (Wildman–Crippen LogP) is 8.10. The van der Waals surface area contributed by atoms with E-state index in [0.717, 1.165) is 32.1 Å². The van der Waals surface area contributed by atoms with Gasteiger partial charge in [0.15, 0.2) is 0 Å². The van der Waals surface area contributed by atoms with Gasteiger partial charge in [-0.3, -0.25) is 4.57 Å². The van der Waals surface area contributed by atoms with Crippen molar-refractivity contribution in [1.82, 2.24) is 0 Å². The average Bonchev–Trinajstić information content (AvgIpc) is 2.75. The quantitative estimate of drug-likeness (QED) is 0.0524. The number of nitrogens with zero attached hydrogens (tertiary/aromatic N) is 1. The van der Waals surface area contributed by atoms with Gasteiger partial charge in [-0.2, -0.15) is 0 Å². The minimum Gasteiger partial charge on any atom is -0.373 e. The molecule has 0 aliphatic heterocycles. The Morgan fingerprint density at radius 1 is 0.629 bits per heavy atom. The summed E-state index contributed by atoms with van der Waals surface area (Å²) in [5.41, 5.74) is 0. The van der Waals surface area contributed by atoms with Crippen LogP contribution in [0, 0.1) is 0 Å². The molecule has 6 heteroatoms. The molecule has 3 N–H and O–H groups in total. The first kappa shape index (κ1) is 34.6. The lowest BCUT2D eigenvalue weighted by Gasteiger charge is -2.35. The number of allylic oxidation sites excluding steroid dienone is 4. The highest BCUT2D eigenvalue weighted by Gasteiger charge is 2.48. The van der Waals surface area contributed by atoms with Crippen molar-refractivity contribution in [3.8, 4) is 0 Å². The van der Waals surface area contributed by atoms with Gasteiger partial charge in [-0.1, -0.05) is 89.0 Å². The summed E-state index contributed by atoms with van der Waals surface area (Å²) in [7, 11) is 0.958. The molecule has 0 spiro atoms. The van der Waals surface area contributed by atoms with E-state index in [1.165, 1.54) is 77.0 Å². The zero-order chi connectivity index (χ0) is 26.5. The van der Waals surface area contributed by atoms with Crippen molar-refractivity contribution in [2.75, 3.05) is 27.7 Å². The van der Waals surface area contributed by atoms with Gasteiger partial charge in [-0.05, 0) is 64.2 Å². The van der Waals surface area contributed by atoms with Crippen LogP contribution in [0.3, 0.4) is 0 Å². The Labute approximate surface area is 217 Å². The number of likely N-dealkylation sites (N-methyl/N-ethyl adjacent to an activating group) is 1. The van der Waals surface area contributed by atoms with Gasteiger partial charge in [0.2, 0.25) is 5.34 Å². The van der Waals surface area contributed by atoms with Crippen LogP contribution < -0.4 is 0 Å². The average molecular weight is 517 g/mol. The van der Waals surface area contributed by atoms with Crippen molar-refractivity contribution in [3.05, 3.63) is 24.3 Å². The van der Waals surface area contributed by atoms with E-state index in [9.17, 15) is 19.5 Å². The number of hydrogen-bond acceptors (Lipinski definition) is 2. The Morgan fingerprint density at radius 3 is 1.34 bits per heavy atom. The summed E-state index contributed by atoms with van der Waals surface area (Å²) in [4.78, 5) is 19.2. The van der Waals surface area contributed by atoms with Crippen LogP contribution in [-0.4, -0.2) is 52.4 Å². The highest BCUT2D eigenvalue weighted by molar-refractivity contribution is 7.53. The summed E-state index contributed by atoms with van der Waals surface area (Å²) in [5.74, 6) is 0. The maximum absolute atomic E-state index is 11.8. The molecule has 0 rings (SSSR count). The molecule has 0 bridgehead atoms. The molecule has 208 valence electrons. The number of quaternary nitrogens is 1. The lowest BCUT2D eigenvalue weighted by Crippen LogP contribution is -2.49. The SMILES string of the molecule is CCCCCCCCC/C=C\CCCC/C=C\CCCCCCCC(O)(C[N+](C)(C)C)P(=O)(O)O. The van der Waals surface area contributed by atoms with Gasteiger partial charge in [0, 0.05) is 0 Å². The van der Waals surface area contributed by atoms with Gasteiger partial charge in [0.05, 0.1) is 21.1 Å². The van der Waals surface area contributed by atoms with E-state index >= 15 is 0 Å². The molecule has 0 aliphatic rings. The minimum atomic E-state index is -4.55. The third-order valence-corrected chi connectivity index (χ3v) is 7.97. The second kappa shape index (κ2) is 20.6. The Hall–Kier alpha value is -0.450. The van der Waals surface area contributed by atoms with Crippen molar-refractivity contribution in [1.29, 1.82) is 0 Å². The Morgan fingerprint density at radius 2 is 0.971 bits per heavy atom. The standard InChI is InChI=1S/C29H58NO4P/c1-5-6-7-8-9-10-11-12-13-14-15-16-17-18-19-20-21-22-23-24-25-26-27-29(31,35(32,33)34)28-30(2,3)4/h13-14,19-20,31H,5-12,15-18,21-28H2,1-4H3,(H-,32,33,34)/p+1/b14-13-,20-19-. The van der Waals surface area contributed by atoms with E-state index in [-0.39, 0.29) is 13.0 Å². The molecule has 0 aromatic rings. The summed E-state index contributed by atoms with van der Waals surface area (Å²) in [6, 6.07) is 0. The molecule has 0 heterocycles. The van der Waals surface area contributed by atoms with Crippen LogP contribution in [0.15, 0.2) is 24.3 Å². The van der Waals surface area contributed by atoms with E-state index in [2.05, 4.69) is 31.2 Å². The van der Waals surface area contributed by atoms with Crippen LogP contribution in [0.1, 0.15) is 129 Å². The molecule has 0 aromatic heterocycles. The van der Waals surface area contributed by atoms with Gasteiger partial charge in [0.1, 0.15) is 6.54 Å². The highest BCUT2D eigenvalue weighted by Crippen LogP contribution is 2.52. The molecule has 0 radical (unpaired) electrons. The molecule has 0 fully saturated rings. The number of rotatable bonds is 24. The fourth-order valence-electron chi connectivity index (χ4n) is 4.49. The topological polar surface area (TPSA) is 77.8 Å². The first-order chi connectivity index (χ1) is 16.5. The minimum absolute atomic E-state index is 0.0532. The molecule has 1 atom stereocenters. The summed E-state index contributed by atoms with van der Waals surface area (Å²) in [6.45, 7) is 2.32. The van der Waals surface area contributed by atoms with Crippen LogP contribution in [0.25, 0.3) is 0 Å². The normalized spacial score (nSPS) is 14.8. The molecule has 0 saturated heterocycles. The first-order valence-corrected chi connectivity index (χ1v) is 16.0. The molecular formula is C29H59NO4P+. The van der Waals surface area contributed by atoms with Gasteiger partial charge in [-0.25, -0.2) is 0 Å². The van der Waals surface area contributed by atoms with Gasteiger partial charge in [-0.15, -0.1) is 0 Å². The first-order valence-electron chi connectivity index (χ1n) is 14.4. The molecule has 35 heavy (non-hydrogen) atoms. The van der Waals surface area contributed by atoms with Crippen LogP contribution >= 0.6 is 7.60 Å². The second-order valence-corrected chi connectivity index (χ2v) is 13.3. The largest absolute Gasteiger partial charge is 0.373 e. The maximum atomic E-state index is 11.8. The lowest BCUT2D eigenvalue weighted by molar-refractivity contribution is -0.875. The van der Waals surface area contributed by atoms with Crippen molar-refractivity contribution in [2.24, 2.45) is 0 Å². The Balaban J connectivity index is 3.60. The van der Waals surface area contributed by atoms with E-state index < -0.39 is 12.9 Å². The van der Waals surface area contributed by atoms with Crippen LogP contribution in [0.4, 0.5) is 0 Å². The Kier molecular flexibility index (Phi) is 20.3. The number of unbranched alkanes of at least 4 members (excludes halogenated alkanes) is 15. The van der Waals surface area contributed by atoms with Crippen molar-refractivity contribution in [3.63, 3.8) is 0 Å². The summed E-state index contributed by atoms with van der Waals surface area (Å²) < 4.78 is 12.1. The van der Waals surface area contributed by atoms with Crippen molar-refractivity contribution >= 4 is 7.60 Å². The maximum Gasteiger partial charge on any atom is 0.362 e. The third-order valence-electron chi connectivity index (χ3n) is 6.52. The molecule has 0 aliphatic carbocycles. The number of aliphatic hydroxyl groups is 1. The molecule has 0 saturated carbocycles. The number of hydrogen-bond donors (Lipinski definition) is 3. The third kappa shape index (κ3) is 21.4. The van der Waals surface area contributed by atoms with Crippen LogP contribution in [0.2, 0.25) is 0 Å². The molecule has 0 amide bonds. The summed E-state index contributed by atoms with van der Waals surface area (Å²) in [5, 5.41) is 8.64. The fourth-order valence-corrected chi connectivity index (χ4v) is 5.55. The van der Waals surface area contributed by atoms with E-state index in [1.54, 1.807) is 0 Å². The molecule has 0 aromatic carbocycles. The van der Waals surface area contributed by atoms with Crippen molar-refractivity contribution < 1.29 is 23.9 Å². The van der Waals surface area contributed by atoms with Gasteiger partial charge in [0.25, 0.3) is 0 Å². The van der Waals surface area contributed by atoms with Crippen LogP contribution in [0.5, 0.6) is 0 Å². The van der Waals surface area contributed by atoms with E-state index in [4.69, 9.17) is 0 Å². The Bertz CT molecular complexity index is 594. The molecular weight excluding hydrogens is 457 g/mol. The summed E-state index contributed by atoms with van der Waals surface area (Å²) >= 11 is 0. The highest BCUT2D eigenvalue weighted by atomic mass is 31.2. The zero-order valence-electron chi connectivity index (χ0n) is 23.6. The van der Waals surface area contributed by atoms with Gasteiger partial charge >= 0.3 is 7.60 Å². The van der Waals surface area contributed by atoms with Crippen molar-refractivity contribution in [2.45, 2.75) is 134 Å².